The Hall–Kier alpha value is -3.61. The molecule has 0 fully saturated rings. The van der Waals surface area contributed by atoms with Crippen LogP contribution in [0, 0.1) is 0 Å². The minimum atomic E-state index is -0.281. The number of carbonyl (C=O) groups is 2. The maximum Gasteiger partial charge on any atom is 0.254 e. The van der Waals surface area contributed by atoms with Gasteiger partial charge in [-0.3, -0.25) is 14.3 Å². The van der Waals surface area contributed by atoms with E-state index in [9.17, 15) is 9.59 Å². The van der Waals surface area contributed by atoms with E-state index in [0.717, 1.165) is 16.7 Å². The lowest BCUT2D eigenvalue weighted by atomic mass is 9.90. The minimum absolute atomic E-state index is 0.0271. The zero-order valence-corrected chi connectivity index (χ0v) is 16.3. The molecule has 7 heteroatoms. The van der Waals surface area contributed by atoms with Crippen molar-refractivity contribution in [3.63, 3.8) is 0 Å². The zero-order valence-electron chi connectivity index (χ0n) is 16.3. The Labute approximate surface area is 168 Å². The smallest absolute Gasteiger partial charge is 0.254 e. The van der Waals surface area contributed by atoms with Gasteiger partial charge in [-0.15, -0.1) is 0 Å². The average molecular weight is 390 g/mol. The maximum absolute atomic E-state index is 12.8. The second-order valence-electron chi connectivity index (χ2n) is 7.00. The molecule has 0 aliphatic carbocycles. The van der Waals surface area contributed by atoms with Crippen molar-refractivity contribution in [1.82, 2.24) is 20.4 Å². The van der Waals surface area contributed by atoms with Crippen LogP contribution >= 0.6 is 0 Å². The third kappa shape index (κ3) is 3.71. The third-order valence-corrected chi connectivity index (χ3v) is 5.03. The fourth-order valence-corrected chi connectivity index (χ4v) is 3.57. The highest BCUT2D eigenvalue weighted by Crippen LogP contribution is 2.41. The predicted molar refractivity (Wildman–Crippen MR) is 108 cm³/mol. The predicted octanol–water partition coefficient (Wildman–Crippen LogP) is 2.23. The van der Waals surface area contributed by atoms with Crippen molar-refractivity contribution >= 4 is 11.8 Å². The Morgan fingerprint density at radius 3 is 2.69 bits per heavy atom. The Bertz CT molecular complexity index is 1060. The Morgan fingerprint density at radius 2 is 2.00 bits per heavy atom. The quantitative estimate of drug-likeness (QED) is 0.700. The molecular formula is C22H22N4O3. The molecule has 1 aromatic heterocycles. The largest absolute Gasteiger partial charge is 0.491 e. The van der Waals surface area contributed by atoms with Gasteiger partial charge < -0.3 is 15.4 Å². The van der Waals surface area contributed by atoms with Crippen LogP contribution in [0.15, 0.2) is 54.9 Å². The molecule has 2 amide bonds. The van der Waals surface area contributed by atoms with Crippen molar-refractivity contribution in [2.45, 2.75) is 12.5 Å². The van der Waals surface area contributed by atoms with Crippen LogP contribution in [0.25, 0.3) is 0 Å². The number of nitrogens with one attached hydrogen (secondary N) is 2. The molecular weight excluding hydrogens is 368 g/mol. The fraction of sp³-hybridized carbons (Fsp3) is 0.227. The molecule has 3 aromatic rings. The molecule has 148 valence electrons. The molecule has 0 bridgehead atoms. The number of amides is 2. The van der Waals surface area contributed by atoms with Gasteiger partial charge >= 0.3 is 0 Å². The Balaban J connectivity index is 1.67. The summed E-state index contributed by atoms with van der Waals surface area (Å²) in [6, 6.07) is 13.4. The molecule has 0 radical (unpaired) electrons. The van der Waals surface area contributed by atoms with Crippen molar-refractivity contribution in [1.29, 1.82) is 0 Å². The van der Waals surface area contributed by atoms with Crippen molar-refractivity contribution in [2.75, 3.05) is 13.7 Å². The lowest BCUT2D eigenvalue weighted by Gasteiger charge is -2.13. The van der Waals surface area contributed by atoms with Crippen LogP contribution in [0.5, 0.6) is 5.75 Å². The number of hydrogen-bond acceptors (Lipinski definition) is 4. The summed E-state index contributed by atoms with van der Waals surface area (Å²) in [5, 5.41) is 9.63. The molecule has 7 nitrogen and oxygen atoms in total. The van der Waals surface area contributed by atoms with E-state index in [0.29, 0.717) is 30.0 Å². The molecule has 0 saturated heterocycles. The number of aryl methyl sites for hydroxylation is 1. The second kappa shape index (κ2) is 7.79. The summed E-state index contributed by atoms with van der Waals surface area (Å²) in [7, 11) is 3.39. The number of hydrogen-bond donors (Lipinski definition) is 2. The van der Waals surface area contributed by atoms with E-state index in [1.807, 2.05) is 49.6 Å². The third-order valence-electron chi connectivity index (χ3n) is 5.03. The molecule has 1 aliphatic rings. The van der Waals surface area contributed by atoms with Gasteiger partial charge in [0.1, 0.15) is 5.75 Å². The first-order chi connectivity index (χ1) is 14.1. The van der Waals surface area contributed by atoms with Crippen LogP contribution in [0.2, 0.25) is 0 Å². The molecule has 1 atom stereocenters. The van der Waals surface area contributed by atoms with Gasteiger partial charge in [0.2, 0.25) is 0 Å². The van der Waals surface area contributed by atoms with E-state index in [1.165, 1.54) is 0 Å². The fourth-order valence-electron chi connectivity index (χ4n) is 3.57. The summed E-state index contributed by atoms with van der Waals surface area (Å²) in [5.74, 6) is -0.0138. The average Bonchev–Trinajstić information content (AvgIpc) is 3.37. The highest BCUT2D eigenvalue weighted by molar-refractivity contribution is 6.02. The molecule has 2 aromatic carbocycles. The number of benzene rings is 2. The van der Waals surface area contributed by atoms with Gasteiger partial charge in [0.15, 0.2) is 0 Å². The number of fused-ring (bicyclic) bond motifs is 1. The molecule has 1 unspecified atom stereocenters. The second-order valence-corrected chi connectivity index (χ2v) is 7.00. The van der Waals surface area contributed by atoms with Crippen LogP contribution < -0.4 is 15.4 Å². The topological polar surface area (TPSA) is 85.3 Å². The van der Waals surface area contributed by atoms with Crippen molar-refractivity contribution in [2.24, 2.45) is 7.05 Å². The van der Waals surface area contributed by atoms with E-state index in [-0.39, 0.29) is 17.7 Å². The van der Waals surface area contributed by atoms with Crippen LogP contribution in [0.1, 0.15) is 43.3 Å². The van der Waals surface area contributed by atoms with Crippen LogP contribution in [0.4, 0.5) is 0 Å². The van der Waals surface area contributed by atoms with Gasteiger partial charge in [0.25, 0.3) is 11.8 Å². The number of ether oxygens (including phenoxy) is 1. The Kier molecular flexibility index (Phi) is 5.03. The van der Waals surface area contributed by atoms with Crippen molar-refractivity contribution in [3.05, 3.63) is 82.7 Å². The highest BCUT2D eigenvalue weighted by atomic mass is 16.5. The monoisotopic (exact) mass is 390 g/mol. The van der Waals surface area contributed by atoms with Gasteiger partial charge in [-0.05, 0) is 17.7 Å². The van der Waals surface area contributed by atoms with E-state index < -0.39 is 0 Å². The molecule has 4 rings (SSSR count). The highest BCUT2D eigenvalue weighted by Gasteiger charge is 2.31. The summed E-state index contributed by atoms with van der Waals surface area (Å²) in [5.41, 5.74) is 3.64. The summed E-state index contributed by atoms with van der Waals surface area (Å²) in [6.45, 7) is 0.793. The Morgan fingerprint density at radius 1 is 1.21 bits per heavy atom. The lowest BCUT2D eigenvalue weighted by molar-refractivity contribution is 0.0950. The van der Waals surface area contributed by atoms with Crippen LogP contribution in [0.3, 0.4) is 0 Å². The summed E-state index contributed by atoms with van der Waals surface area (Å²) in [6.07, 6.45) is 3.55. The van der Waals surface area contributed by atoms with Gasteiger partial charge in [0, 0.05) is 49.4 Å². The first-order valence-electron chi connectivity index (χ1n) is 9.40. The van der Waals surface area contributed by atoms with E-state index in [4.69, 9.17) is 4.74 Å². The van der Waals surface area contributed by atoms with Crippen molar-refractivity contribution in [3.8, 4) is 5.75 Å². The standard InChI is InChI=1S/C22H22N4O3/c1-23-22(28)18-9-16(21(27)24-10-14-11-25-26(2)12-14)8-17-19(13-29-20(17)18)15-6-4-3-5-7-15/h3-9,11-12,19H,10,13H2,1-2H3,(H,23,28)(H,24,27). The van der Waals surface area contributed by atoms with Crippen molar-refractivity contribution < 1.29 is 14.3 Å². The zero-order chi connectivity index (χ0) is 20.4. The van der Waals surface area contributed by atoms with Gasteiger partial charge in [-0.1, -0.05) is 30.3 Å². The molecule has 0 saturated carbocycles. The minimum Gasteiger partial charge on any atom is -0.491 e. The van der Waals surface area contributed by atoms with Gasteiger partial charge in [-0.25, -0.2) is 0 Å². The number of aromatic nitrogens is 2. The van der Waals surface area contributed by atoms with Crippen LogP contribution in [-0.4, -0.2) is 35.2 Å². The van der Waals surface area contributed by atoms with E-state index in [2.05, 4.69) is 15.7 Å². The molecule has 29 heavy (non-hydrogen) atoms. The normalized spacial score (nSPS) is 14.8. The first-order valence-corrected chi connectivity index (χ1v) is 9.40. The first kappa shape index (κ1) is 18.7. The van der Waals surface area contributed by atoms with Gasteiger partial charge in [0.05, 0.1) is 18.4 Å². The maximum atomic E-state index is 12.8. The number of rotatable bonds is 5. The number of nitrogens with zero attached hydrogens (tertiary/aromatic N) is 2. The van der Waals surface area contributed by atoms with E-state index >= 15 is 0 Å². The number of carbonyl (C=O) groups excluding carboxylic acids is 2. The molecule has 2 N–H and O–H groups in total. The van der Waals surface area contributed by atoms with Gasteiger partial charge in [-0.2, -0.15) is 5.10 Å². The van der Waals surface area contributed by atoms with Crippen LogP contribution in [-0.2, 0) is 13.6 Å². The molecule has 1 aliphatic heterocycles. The lowest BCUT2D eigenvalue weighted by Crippen LogP contribution is -2.24. The molecule has 2 heterocycles. The SMILES string of the molecule is CNC(=O)c1cc(C(=O)NCc2cnn(C)c2)cc2c1OCC2c1ccccc1. The molecule has 0 spiro atoms. The summed E-state index contributed by atoms with van der Waals surface area (Å²) in [4.78, 5) is 25.3. The van der Waals surface area contributed by atoms with E-state index in [1.54, 1.807) is 24.0 Å². The summed E-state index contributed by atoms with van der Waals surface area (Å²) >= 11 is 0. The summed E-state index contributed by atoms with van der Waals surface area (Å²) < 4.78 is 7.57.